The van der Waals surface area contributed by atoms with E-state index in [4.69, 9.17) is 11.6 Å². The number of nitrogens with zero attached hydrogens (tertiary/aromatic N) is 3. The Balaban J connectivity index is 3.04. The van der Waals surface area contributed by atoms with E-state index in [0.29, 0.717) is 17.5 Å². The molecule has 0 fully saturated rings. The number of aromatic nitrogens is 2. The fourth-order valence-electron chi connectivity index (χ4n) is 1.61. The van der Waals surface area contributed by atoms with E-state index in [0.717, 1.165) is 11.4 Å². The second-order valence-corrected chi connectivity index (χ2v) is 5.04. The molecular weight excluding hydrogens is 226 g/mol. The van der Waals surface area contributed by atoms with Gasteiger partial charge >= 0.3 is 0 Å². The third kappa shape index (κ3) is 3.32. The molecule has 1 rings (SSSR count). The lowest BCUT2D eigenvalue weighted by Gasteiger charge is -2.27. The second-order valence-electron chi connectivity index (χ2n) is 4.68. The summed E-state index contributed by atoms with van der Waals surface area (Å²) in [5, 5.41) is 10.2. The highest BCUT2D eigenvalue weighted by atomic mass is 35.5. The molecule has 0 aromatic carbocycles. The number of aliphatic hydroxyl groups is 1. The van der Waals surface area contributed by atoms with Crippen LogP contribution in [0.15, 0.2) is 0 Å². The van der Waals surface area contributed by atoms with E-state index in [1.165, 1.54) is 0 Å². The van der Waals surface area contributed by atoms with Gasteiger partial charge in [0, 0.05) is 19.2 Å². The highest BCUT2D eigenvalue weighted by molar-refractivity contribution is 6.30. The zero-order chi connectivity index (χ0) is 12.5. The van der Waals surface area contributed by atoms with Gasteiger partial charge in [0.15, 0.2) is 0 Å². The smallest absolute Gasteiger partial charge is 0.137 e. The van der Waals surface area contributed by atoms with Crippen molar-refractivity contribution >= 4 is 17.4 Å². The lowest BCUT2D eigenvalue weighted by atomic mass is 10.1. The highest BCUT2D eigenvalue weighted by Crippen LogP contribution is 2.23. The number of hydrogen-bond donors (Lipinski definition) is 1. The molecule has 16 heavy (non-hydrogen) atoms. The standard InChI is InChI=1S/C11H18ClN3O/c1-7-9(12)13-8(2)14-10(7)15(5)6-11(3,4)16/h16H,6H2,1-5H3. The van der Waals surface area contributed by atoms with E-state index in [2.05, 4.69) is 9.97 Å². The fourth-order valence-corrected chi connectivity index (χ4v) is 1.81. The van der Waals surface area contributed by atoms with Crippen molar-refractivity contribution in [3.8, 4) is 0 Å². The van der Waals surface area contributed by atoms with Crippen molar-refractivity contribution in [2.45, 2.75) is 33.3 Å². The summed E-state index contributed by atoms with van der Waals surface area (Å²) >= 11 is 5.99. The van der Waals surface area contributed by atoms with Crippen LogP contribution >= 0.6 is 11.6 Å². The van der Waals surface area contributed by atoms with E-state index in [1.54, 1.807) is 20.8 Å². The van der Waals surface area contributed by atoms with Crippen LogP contribution in [0, 0.1) is 13.8 Å². The van der Waals surface area contributed by atoms with Gasteiger partial charge in [-0.1, -0.05) is 11.6 Å². The summed E-state index contributed by atoms with van der Waals surface area (Å²) in [4.78, 5) is 10.3. The monoisotopic (exact) mass is 243 g/mol. The first-order valence-electron chi connectivity index (χ1n) is 5.15. The first kappa shape index (κ1) is 13.2. The van der Waals surface area contributed by atoms with Gasteiger partial charge in [-0.3, -0.25) is 0 Å². The molecule has 1 N–H and O–H groups in total. The Morgan fingerprint density at radius 1 is 1.31 bits per heavy atom. The van der Waals surface area contributed by atoms with Crippen molar-refractivity contribution < 1.29 is 5.11 Å². The first-order chi connectivity index (χ1) is 7.20. The molecule has 0 bridgehead atoms. The van der Waals surface area contributed by atoms with Gasteiger partial charge in [-0.2, -0.15) is 0 Å². The van der Waals surface area contributed by atoms with Crippen molar-refractivity contribution in [1.29, 1.82) is 0 Å². The summed E-state index contributed by atoms with van der Waals surface area (Å²) in [7, 11) is 1.88. The lowest BCUT2D eigenvalue weighted by molar-refractivity contribution is 0.0884. The van der Waals surface area contributed by atoms with Crippen LogP contribution in [-0.2, 0) is 0 Å². The van der Waals surface area contributed by atoms with Crippen LogP contribution in [0.25, 0.3) is 0 Å². The molecule has 1 aromatic heterocycles. The molecule has 4 nitrogen and oxygen atoms in total. The predicted octanol–water partition coefficient (Wildman–Crippen LogP) is 1.95. The third-order valence-electron chi connectivity index (χ3n) is 2.16. The summed E-state index contributed by atoms with van der Waals surface area (Å²) in [6, 6.07) is 0. The highest BCUT2D eigenvalue weighted by Gasteiger charge is 2.19. The summed E-state index contributed by atoms with van der Waals surface area (Å²) in [6.07, 6.45) is 0. The molecule has 0 atom stereocenters. The Morgan fingerprint density at radius 2 is 1.88 bits per heavy atom. The second kappa shape index (κ2) is 4.55. The number of hydrogen-bond acceptors (Lipinski definition) is 4. The fraction of sp³-hybridized carbons (Fsp3) is 0.636. The summed E-state index contributed by atoms with van der Waals surface area (Å²) < 4.78 is 0. The van der Waals surface area contributed by atoms with Crippen molar-refractivity contribution in [1.82, 2.24) is 9.97 Å². The van der Waals surface area contributed by atoms with Crippen LogP contribution in [0.2, 0.25) is 5.15 Å². The van der Waals surface area contributed by atoms with Crippen LogP contribution in [0.3, 0.4) is 0 Å². The number of halogens is 1. The third-order valence-corrected chi connectivity index (χ3v) is 2.53. The van der Waals surface area contributed by atoms with Crippen molar-refractivity contribution in [3.05, 3.63) is 16.5 Å². The summed E-state index contributed by atoms with van der Waals surface area (Å²) in [5.41, 5.74) is 0.0611. The van der Waals surface area contributed by atoms with E-state index >= 15 is 0 Å². The predicted molar refractivity (Wildman–Crippen MR) is 66.1 cm³/mol. The average Bonchev–Trinajstić information content (AvgIpc) is 2.08. The van der Waals surface area contributed by atoms with Gasteiger partial charge in [0.2, 0.25) is 0 Å². The topological polar surface area (TPSA) is 49.2 Å². The molecule has 0 amide bonds. The van der Waals surface area contributed by atoms with Gasteiger partial charge < -0.3 is 10.0 Å². The minimum atomic E-state index is -0.771. The normalized spacial score (nSPS) is 11.7. The molecule has 1 aromatic rings. The molecule has 5 heteroatoms. The Morgan fingerprint density at radius 3 is 2.38 bits per heavy atom. The summed E-state index contributed by atoms with van der Waals surface area (Å²) in [6.45, 7) is 7.67. The molecule has 0 spiro atoms. The van der Waals surface area contributed by atoms with Crippen molar-refractivity contribution in [3.63, 3.8) is 0 Å². The van der Waals surface area contributed by atoms with Gasteiger partial charge in [-0.05, 0) is 27.7 Å². The quantitative estimate of drug-likeness (QED) is 0.825. The Hall–Kier alpha value is -0.870. The van der Waals surface area contributed by atoms with Crippen molar-refractivity contribution in [2.24, 2.45) is 0 Å². The Bertz CT molecular complexity index is 388. The van der Waals surface area contributed by atoms with E-state index in [9.17, 15) is 5.11 Å². The maximum atomic E-state index is 9.76. The van der Waals surface area contributed by atoms with E-state index in [1.807, 2.05) is 18.9 Å². The number of anilines is 1. The van der Waals surface area contributed by atoms with Gasteiger partial charge in [-0.25, -0.2) is 9.97 Å². The van der Waals surface area contributed by atoms with Gasteiger partial charge in [0.05, 0.1) is 5.60 Å². The molecule has 0 radical (unpaired) electrons. The molecule has 1 heterocycles. The van der Waals surface area contributed by atoms with Gasteiger partial charge in [-0.15, -0.1) is 0 Å². The minimum absolute atomic E-state index is 0.463. The zero-order valence-corrected chi connectivity index (χ0v) is 11.1. The molecular formula is C11H18ClN3O. The maximum absolute atomic E-state index is 9.76. The molecule has 90 valence electrons. The van der Waals surface area contributed by atoms with Crippen LogP contribution in [0.5, 0.6) is 0 Å². The SMILES string of the molecule is Cc1nc(Cl)c(C)c(N(C)CC(C)(C)O)n1. The largest absolute Gasteiger partial charge is 0.389 e. The van der Waals surface area contributed by atoms with E-state index in [-0.39, 0.29) is 0 Å². The molecule has 0 aliphatic rings. The average molecular weight is 244 g/mol. The first-order valence-corrected chi connectivity index (χ1v) is 5.53. The maximum Gasteiger partial charge on any atom is 0.137 e. The molecule has 0 aliphatic heterocycles. The molecule has 0 saturated carbocycles. The van der Waals surface area contributed by atoms with Crippen LogP contribution in [0.1, 0.15) is 25.2 Å². The van der Waals surface area contributed by atoms with Crippen LogP contribution < -0.4 is 4.90 Å². The van der Waals surface area contributed by atoms with Crippen LogP contribution in [0.4, 0.5) is 5.82 Å². The van der Waals surface area contributed by atoms with E-state index < -0.39 is 5.60 Å². The van der Waals surface area contributed by atoms with Crippen LogP contribution in [-0.4, -0.2) is 34.3 Å². The molecule has 0 saturated heterocycles. The number of aryl methyl sites for hydroxylation is 1. The van der Waals surface area contributed by atoms with Gasteiger partial charge in [0.1, 0.15) is 16.8 Å². The number of rotatable bonds is 3. The minimum Gasteiger partial charge on any atom is -0.389 e. The number of likely N-dealkylation sites (N-methyl/N-ethyl adjacent to an activating group) is 1. The summed E-state index contributed by atoms with van der Waals surface area (Å²) in [5.74, 6) is 1.40. The van der Waals surface area contributed by atoms with Crippen molar-refractivity contribution in [2.75, 3.05) is 18.5 Å². The Kier molecular flexibility index (Phi) is 3.76. The Labute approximate surface area is 101 Å². The lowest BCUT2D eigenvalue weighted by Crippen LogP contribution is -2.37. The van der Waals surface area contributed by atoms with Gasteiger partial charge in [0.25, 0.3) is 0 Å². The molecule has 0 unspecified atom stereocenters. The zero-order valence-electron chi connectivity index (χ0n) is 10.4. The molecule has 0 aliphatic carbocycles.